The van der Waals surface area contributed by atoms with Crippen LogP contribution in [0.4, 0.5) is 0 Å². The van der Waals surface area contributed by atoms with Crippen molar-refractivity contribution in [1.82, 2.24) is 4.98 Å². The van der Waals surface area contributed by atoms with Gasteiger partial charge in [-0.25, -0.2) is 8.42 Å². The number of ether oxygens (including phenoxy) is 1. The zero-order valence-electron chi connectivity index (χ0n) is 9.17. The maximum absolute atomic E-state index is 12.1. The average Bonchev–Trinajstić information content (AvgIpc) is 2.66. The molecular weight excluding hydrogens is 226 g/mol. The molecule has 16 heavy (non-hydrogen) atoms. The molecule has 1 aromatic rings. The lowest BCUT2D eigenvalue weighted by atomic mass is 10.3. The van der Waals surface area contributed by atoms with E-state index in [-0.39, 0.29) is 17.1 Å². The molecule has 0 aromatic carbocycles. The largest absolute Gasteiger partial charge is 0.377 e. The lowest BCUT2D eigenvalue weighted by Crippen LogP contribution is -2.29. The van der Waals surface area contributed by atoms with E-state index in [1.54, 1.807) is 24.5 Å². The second kappa shape index (κ2) is 4.51. The van der Waals surface area contributed by atoms with Gasteiger partial charge in [-0.3, -0.25) is 4.98 Å². The van der Waals surface area contributed by atoms with E-state index < -0.39 is 9.84 Å². The van der Waals surface area contributed by atoms with E-state index in [2.05, 4.69) is 4.98 Å². The minimum atomic E-state index is -3.12. The summed E-state index contributed by atoms with van der Waals surface area (Å²) >= 11 is 0. The van der Waals surface area contributed by atoms with E-state index in [1.165, 1.54) is 0 Å². The SMILES string of the molecule is CC1OCCC1S(=O)(=O)Cc1ccncc1. The van der Waals surface area contributed by atoms with E-state index in [9.17, 15) is 8.42 Å². The highest BCUT2D eigenvalue weighted by atomic mass is 32.2. The van der Waals surface area contributed by atoms with E-state index >= 15 is 0 Å². The van der Waals surface area contributed by atoms with Crippen LogP contribution in [0.5, 0.6) is 0 Å². The Kier molecular flexibility index (Phi) is 3.25. The molecule has 2 atom stereocenters. The Morgan fingerprint density at radius 1 is 1.44 bits per heavy atom. The second-order valence-electron chi connectivity index (χ2n) is 4.07. The van der Waals surface area contributed by atoms with Crippen molar-refractivity contribution in [2.45, 2.75) is 30.5 Å². The molecule has 2 unspecified atom stereocenters. The molecule has 0 N–H and O–H groups in total. The van der Waals surface area contributed by atoms with Crippen molar-refractivity contribution in [3.63, 3.8) is 0 Å². The molecule has 0 saturated carbocycles. The van der Waals surface area contributed by atoms with Gasteiger partial charge in [0, 0.05) is 19.0 Å². The number of pyridine rings is 1. The molecule has 0 amide bonds. The molecule has 5 heteroatoms. The Bertz CT molecular complexity index is 444. The van der Waals surface area contributed by atoms with Crippen LogP contribution in [0.3, 0.4) is 0 Å². The Morgan fingerprint density at radius 2 is 2.12 bits per heavy atom. The van der Waals surface area contributed by atoms with Crippen molar-refractivity contribution in [3.05, 3.63) is 30.1 Å². The molecular formula is C11H15NO3S. The number of hydrogen-bond acceptors (Lipinski definition) is 4. The second-order valence-corrected chi connectivity index (χ2v) is 6.29. The van der Waals surface area contributed by atoms with Crippen LogP contribution in [0.1, 0.15) is 18.9 Å². The Morgan fingerprint density at radius 3 is 2.69 bits per heavy atom. The van der Waals surface area contributed by atoms with E-state index in [0.717, 1.165) is 5.56 Å². The fourth-order valence-corrected chi connectivity index (χ4v) is 3.99. The third kappa shape index (κ3) is 2.41. The summed E-state index contributed by atoms with van der Waals surface area (Å²) in [6.45, 7) is 2.36. The number of hydrogen-bond donors (Lipinski definition) is 0. The molecule has 1 aromatic heterocycles. The van der Waals surface area contributed by atoms with Crippen LogP contribution in [0, 0.1) is 0 Å². The number of sulfone groups is 1. The molecule has 0 aliphatic carbocycles. The zero-order chi connectivity index (χ0) is 11.6. The predicted molar refractivity (Wildman–Crippen MR) is 60.7 cm³/mol. The van der Waals surface area contributed by atoms with Gasteiger partial charge in [0.05, 0.1) is 17.1 Å². The first-order valence-electron chi connectivity index (χ1n) is 5.31. The van der Waals surface area contributed by atoms with Crippen molar-refractivity contribution in [2.24, 2.45) is 0 Å². The van der Waals surface area contributed by atoms with Gasteiger partial charge in [-0.05, 0) is 31.0 Å². The maximum Gasteiger partial charge on any atom is 0.159 e. The van der Waals surface area contributed by atoms with Crippen LogP contribution in [0.15, 0.2) is 24.5 Å². The topological polar surface area (TPSA) is 56.3 Å². The molecule has 2 heterocycles. The quantitative estimate of drug-likeness (QED) is 0.797. The molecule has 0 bridgehead atoms. The highest BCUT2D eigenvalue weighted by Gasteiger charge is 2.35. The minimum Gasteiger partial charge on any atom is -0.377 e. The molecule has 2 rings (SSSR count). The summed E-state index contributed by atoms with van der Waals surface area (Å²) in [4.78, 5) is 3.87. The van der Waals surface area contributed by atoms with Crippen molar-refractivity contribution in [3.8, 4) is 0 Å². The summed E-state index contributed by atoms with van der Waals surface area (Å²) < 4.78 is 29.5. The van der Waals surface area contributed by atoms with Crippen molar-refractivity contribution in [2.75, 3.05) is 6.61 Å². The van der Waals surface area contributed by atoms with Crippen LogP contribution >= 0.6 is 0 Å². The van der Waals surface area contributed by atoms with Gasteiger partial charge >= 0.3 is 0 Å². The van der Waals surface area contributed by atoms with Crippen LogP contribution < -0.4 is 0 Å². The standard InChI is InChI=1S/C11H15NO3S/c1-9-11(4-7-15-9)16(13,14)8-10-2-5-12-6-3-10/h2-3,5-6,9,11H,4,7-8H2,1H3. The third-order valence-corrected chi connectivity index (χ3v) is 5.16. The predicted octanol–water partition coefficient (Wildman–Crippen LogP) is 1.17. The molecule has 1 aliphatic rings. The van der Waals surface area contributed by atoms with Crippen LogP contribution in [-0.4, -0.2) is 31.4 Å². The van der Waals surface area contributed by atoms with Crippen molar-refractivity contribution in [1.29, 1.82) is 0 Å². The van der Waals surface area contributed by atoms with Gasteiger partial charge in [-0.1, -0.05) is 0 Å². The summed E-state index contributed by atoms with van der Waals surface area (Å²) in [5, 5.41) is -0.360. The Labute approximate surface area is 95.6 Å². The van der Waals surface area contributed by atoms with E-state index in [0.29, 0.717) is 13.0 Å². The van der Waals surface area contributed by atoms with Crippen LogP contribution in [0.25, 0.3) is 0 Å². The Hall–Kier alpha value is -0.940. The van der Waals surface area contributed by atoms with Gasteiger partial charge in [0.2, 0.25) is 0 Å². The summed E-state index contributed by atoms with van der Waals surface area (Å²) in [5.74, 6) is 0.0773. The smallest absolute Gasteiger partial charge is 0.159 e. The van der Waals surface area contributed by atoms with Gasteiger partial charge in [0.1, 0.15) is 0 Å². The first-order valence-corrected chi connectivity index (χ1v) is 7.03. The lowest BCUT2D eigenvalue weighted by Gasteiger charge is -2.14. The summed E-state index contributed by atoms with van der Waals surface area (Å²) in [7, 11) is -3.12. The molecule has 1 fully saturated rings. The van der Waals surface area contributed by atoms with E-state index in [4.69, 9.17) is 4.74 Å². The lowest BCUT2D eigenvalue weighted by molar-refractivity contribution is 0.126. The van der Waals surface area contributed by atoms with Gasteiger partial charge < -0.3 is 4.74 Å². The van der Waals surface area contributed by atoms with Crippen molar-refractivity contribution >= 4 is 9.84 Å². The molecule has 4 nitrogen and oxygen atoms in total. The van der Waals surface area contributed by atoms with Crippen molar-refractivity contribution < 1.29 is 13.2 Å². The highest BCUT2D eigenvalue weighted by Crippen LogP contribution is 2.23. The third-order valence-electron chi connectivity index (χ3n) is 2.89. The number of nitrogens with zero attached hydrogens (tertiary/aromatic N) is 1. The summed E-state index contributed by atoms with van der Waals surface area (Å²) in [5.41, 5.74) is 0.786. The maximum atomic E-state index is 12.1. The van der Waals surface area contributed by atoms with Crippen LogP contribution in [-0.2, 0) is 20.3 Å². The molecule has 0 spiro atoms. The fourth-order valence-electron chi connectivity index (χ4n) is 2.00. The number of rotatable bonds is 3. The van der Waals surface area contributed by atoms with Gasteiger partial charge in [-0.2, -0.15) is 0 Å². The average molecular weight is 241 g/mol. The molecule has 88 valence electrons. The monoisotopic (exact) mass is 241 g/mol. The molecule has 1 saturated heterocycles. The molecule has 1 aliphatic heterocycles. The normalized spacial score (nSPS) is 25.8. The number of aromatic nitrogens is 1. The Balaban J connectivity index is 2.14. The fraction of sp³-hybridized carbons (Fsp3) is 0.545. The minimum absolute atomic E-state index is 0.0773. The van der Waals surface area contributed by atoms with Gasteiger partial charge in [0.25, 0.3) is 0 Å². The summed E-state index contributed by atoms with van der Waals surface area (Å²) in [6, 6.07) is 3.47. The zero-order valence-corrected chi connectivity index (χ0v) is 9.98. The van der Waals surface area contributed by atoms with Gasteiger partial charge in [0.15, 0.2) is 9.84 Å². The first kappa shape index (κ1) is 11.5. The first-order chi connectivity index (χ1) is 7.59. The molecule has 0 radical (unpaired) electrons. The highest BCUT2D eigenvalue weighted by molar-refractivity contribution is 7.91. The van der Waals surface area contributed by atoms with Gasteiger partial charge in [-0.15, -0.1) is 0 Å². The van der Waals surface area contributed by atoms with E-state index in [1.807, 2.05) is 6.92 Å². The van der Waals surface area contributed by atoms with Crippen LogP contribution in [0.2, 0.25) is 0 Å². The summed E-state index contributed by atoms with van der Waals surface area (Å²) in [6.07, 6.45) is 3.64.